The molecule has 2 atom stereocenters. The van der Waals surface area contributed by atoms with Crippen molar-refractivity contribution in [1.29, 1.82) is 0 Å². The second kappa shape index (κ2) is 13.1. The maximum atomic E-state index is 5.74. The summed E-state index contributed by atoms with van der Waals surface area (Å²) in [5, 5.41) is 6.75. The van der Waals surface area contributed by atoms with Gasteiger partial charge < -0.3 is 25.0 Å². The monoisotopic (exact) mass is 468 g/mol. The van der Waals surface area contributed by atoms with Crippen LogP contribution in [-0.4, -0.2) is 77.1 Å². The number of guanidine groups is 1. The predicted octanol–water partition coefficient (Wildman–Crippen LogP) is 1.94. The number of rotatable bonds is 11. The van der Waals surface area contributed by atoms with E-state index in [0.29, 0.717) is 12.0 Å². The Morgan fingerprint density at radius 3 is 2.68 bits per heavy atom. The molecule has 1 saturated heterocycles. The Morgan fingerprint density at radius 1 is 1.28 bits per heavy atom. The van der Waals surface area contributed by atoms with Gasteiger partial charge >= 0.3 is 0 Å². The van der Waals surface area contributed by atoms with Gasteiger partial charge in [0.15, 0.2) is 5.96 Å². The largest absolute Gasteiger partial charge is 0.381 e. The van der Waals surface area contributed by atoms with E-state index in [-0.39, 0.29) is 24.0 Å². The van der Waals surface area contributed by atoms with Gasteiger partial charge in [0.25, 0.3) is 0 Å². The van der Waals surface area contributed by atoms with Gasteiger partial charge in [0.1, 0.15) is 0 Å². The normalized spacial score (nSPS) is 21.9. The lowest BCUT2D eigenvalue weighted by Gasteiger charge is -2.23. The molecule has 1 aliphatic heterocycles. The third kappa shape index (κ3) is 9.40. The molecule has 1 aliphatic carbocycles. The van der Waals surface area contributed by atoms with Gasteiger partial charge in [-0.25, -0.2) is 0 Å². The third-order valence-electron chi connectivity index (χ3n) is 4.75. The predicted molar refractivity (Wildman–Crippen MR) is 114 cm³/mol. The molecule has 0 spiro atoms. The second-order valence-electron chi connectivity index (χ2n) is 7.17. The molecule has 0 amide bonds. The minimum absolute atomic E-state index is 0. The van der Waals surface area contributed by atoms with E-state index in [9.17, 15) is 0 Å². The zero-order valence-corrected chi connectivity index (χ0v) is 18.5. The average molecular weight is 468 g/mol. The average Bonchev–Trinajstić information content (AvgIpc) is 3.25. The fourth-order valence-electron chi connectivity index (χ4n) is 3.09. The van der Waals surface area contributed by atoms with Crippen molar-refractivity contribution in [2.75, 3.05) is 60.2 Å². The van der Waals surface area contributed by atoms with E-state index in [1.165, 1.54) is 12.8 Å². The van der Waals surface area contributed by atoms with Gasteiger partial charge in [-0.1, -0.05) is 0 Å². The highest BCUT2D eigenvalue weighted by Gasteiger charge is 2.32. The topological polar surface area (TPSA) is 58.1 Å². The molecule has 2 rings (SSSR count). The van der Waals surface area contributed by atoms with E-state index >= 15 is 0 Å². The van der Waals surface area contributed by atoms with Gasteiger partial charge in [0, 0.05) is 38.3 Å². The molecule has 0 aromatic heterocycles. The van der Waals surface area contributed by atoms with E-state index in [2.05, 4.69) is 36.6 Å². The number of nitrogens with one attached hydrogen (secondary N) is 2. The quantitative estimate of drug-likeness (QED) is 0.210. The van der Waals surface area contributed by atoms with Gasteiger partial charge in [-0.15, -0.1) is 24.0 Å². The summed E-state index contributed by atoms with van der Waals surface area (Å²) >= 11 is 0. The van der Waals surface area contributed by atoms with E-state index in [1.807, 2.05) is 0 Å². The zero-order chi connectivity index (χ0) is 17.2. The summed E-state index contributed by atoms with van der Waals surface area (Å²) in [6.07, 6.45) is 4.85. The summed E-state index contributed by atoms with van der Waals surface area (Å²) in [5.74, 6) is 2.36. The van der Waals surface area contributed by atoms with Crippen molar-refractivity contribution in [2.24, 2.45) is 16.8 Å². The molecule has 0 radical (unpaired) electrons. The number of likely N-dealkylation sites (N-methyl/N-ethyl adjacent to an activating group) is 1. The molecule has 7 heteroatoms. The Hall–Kier alpha value is -0.120. The number of aliphatic imine (C=N–C) groups is 1. The minimum atomic E-state index is 0. The highest BCUT2D eigenvalue weighted by Crippen LogP contribution is 2.34. The highest BCUT2D eigenvalue weighted by molar-refractivity contribution is 14.0. The summed E-state index contributed by atoms with van der Waals surface area (Å²) in [5.41, 5.74) is 0. The first-order valence-electron chi connectivity index (χ1n) is 9.54. The van der Waals surface area contributed by atoms with Crippen LogP contribution >= 0.6 is 24.0 Å². The lowest BCUT2D eigenvalue weighted by molar-refractivity contribution is 0.0888. The van der Waals surface area contributed by atoms with Crippen LogP contribution in [0.2, 0.25) is 0 Å². The molecule has 0 bridgehead atoms. The first-order valence-corrected chi connectivity index (χ1v) is 9.54. The molecule has 2 aliphatic rings. The van der Waals surface area contributed by atoms with Gasteiger partial charge in [0.05, 0.1) is 19.8 Å². The van der Waals surface area contributed by atoms with Crippen LogP contribution in [0.4, 0.5) is 0 Å². The molecule has 2 fully saturated rings. The van der Waals surface area contributed by atoms with E-state index in [1.54, 1.807) is 0 Å². The van der Waals surface area contributed by atoms with Gasteiger partial charge in [-0.05, 0) is 52.6 Å². The van der Waals surface area contributed by atoms with Crippen LogP contribution in [0.25, 0.3) is 0 Å². The lowest BCUT2D eigenvalue weighted by Crippen LogP contribution is -2.40. The Balaban J connectivity index is 0.00000312. The number of halogens is 1. The van der Waals surface area contributed by atoms with E-state index in [4.69, 9.17) is 14.5 Å². The van der Waals surface area contributed by atoms with Crippen LogP contribution in [0.1, 0.15) is 32.6 Å². The van der Waals surface area contributed by atoms with Gasteiger partial charge in [0.2, 0.25) is 0 Å². The Morgan fingerprint density at radius 2 is 2.08 bits per heavy atom. The first kappa shape index (κ1) is 22.9. The van der Waals surface area contributed by atoms with Gasteiger partial charge in [-0.3, -0.25) is 4.99 Å². The van der Waals surface area contributed by atoms with Crippen LogP contribution < -0.4 is 10.6 Å². The van der Waals surface area contributed by atoms with Crippen molar-refractivity contribution in [3.05, 3.63) is 0 Å². The zero-order valence-electron chi connectivity index (χ0n) is 16.1. The summed E-state index contributed by atoms with van der Waals surface area (Å²) in [6, 6.07) is 0.567. The number of nitrogens with zero attached hydrogens (tertiary/aromatic N) is 2. The molecule has 148 valence electrons. The molecular weight excluding hydrogens is 431 g/mol. The van der Waals surface area contributed by atoms with Crippen molar-refractivity contribution in [3.63, 3.8) is 0 Å². The Bertz CT molecular complexity index is 370. The van der Waals surface area contributed by atoms with Gasteiger partial charge in [-0.2, -0.15) is 0 Å². The smallest absolute Gasteiger partial charge is 0.191 e. The summed E-state index contributed by atoms with van der Waals surface area (Å²) in [6.45, 7) is 8.14. The molecule has 0 aromatic rings. The lowest BCUT2D eigenvalue weighted by atomic mass is 10.1. The highest BCUT2D eigenvalue weighted by atomic mass is 127. The van der Waals surface area contributed by atoms with Crippen molar-refractivity contribution >= 4 is 29.9 Å². The first-order chi connectivity index (χ1) is 11.7. The SMILES string of the molecule is CCNC(=NCC(C1CC1)N(C)C)NCCCOCC1CCOC1.I. The van der Waals surface area contributed by atoms with Crippen LogP contribution in [-0.2, 0) is 9.47 Å². The molecular formula is C18H37IN4O2. The van der Waals surface area contributed by atoms with Crippen molar-refractivity contribution in [3.8, 4) is 0 Å². The van der Waals surface area contributed by atoms with Crippen LogP contribution in [0, 0.1) is 11.8 Å². The maximum absolute atomic E-state index is 5.74. The number of ether oxygens (including phenoxy) is 2. The van der Waals surface area contributed by atoms with Crippen LogP contribution in [0.3, 0.4) is 0 Å². The summed E-state index contributed by atoms with van der Waals surface area (Å²) in [4.78, 5) is 7.08. The molecule has 0 aromatic carbocycles. The molecule has 2 unspecified atom stereocenters. The number of hydrogen-bond acceptors (Lipinski definition) is 4. The number of hydrogen-bond donors (Lipinski definition) is 2. The van der Waals surface area contributed by atoms with Crippen molar-refractivity contribution in [2.45, 2.75) is 38.6 Å². The molecule has 6 nitrogen and oxygen atoms in total. The summed E-state index contributed by atoms with van der Waals surface area (Å²) in [7, 11) is 4.32. The Labute approximate surface area is 170 Å². The molecule has 1 heterocycles. The van der Waals surface area contributed by atoms with Crippen LogP contribution in [0.5, 0.6) is 0 Å². The molecule has 2 N–H and O–H groups in total. The minimum Gasteiger partial charge on any atom is -0.381 e. The van der Waals surface area contributed by atoms with Crippen molar-refractivity contribution in [1.82, 2.24) is 15.5 Å². The molecule has 25 heavy (non-hydrogen) atoms. The van der Waals surface area contributed by atoms with E-state index in [0.717, 1.165) is 70.8 Å². The fraction of sp³-hybridized carbons (Fsp3) is 0.944. The standard InChI is InChI=1S/C18H36N4O2.HI/c1-4-19-18(21-12-17(22(2)3)16-6-7-16)20-9-5-10-23-13-15-8-11-24-14-15;/h15-17H,4-14H2,1-3H3,(H2,19,20,21);1H. The summed E-state index contributed by atoms with van der Waals surface area (Å²) < 4.78 is 11.1. The fourth-order valence-corrected chi connectivity index (χ4v) is 3.09. The van der Waals surface area contributed by atoms with Crippen molar-refractivity contribution < 1.29 is 9.47 Å². The third-order valence-corrected chi connectivity index (χ3v) is 4.75. The van der Waals surface area contributed by atoms with Crippen LogP contribution in [0.15, 0.2) is 4.99 Å². The van der Waals surface area contributed by atoms with E-state index < -0.39 is 0 Å². The molecule has 1 saturated carbocycles. The Kier molecular flexibility index (Phi) is 12.0. The maximum Gasteiger partial charge on any atom is 0.191 e. The second-order valence-corrected chi connectivity index (χ2v) is 7.17.